The van der Waals surface area contributed by atoms with E-state index in [4.69, 9.17) is 9.47 Å². The predicted octanol–water partition coefficient (Wildman–Crippen LogP) is 5.18. The third-order valence-corrected chi connectivity index (χ3v) is 9.74. The lowest BCUT2D eigenvalue weighted by molar-refractivity contribution is -0.0389. The van der Waals surface area contributed by atoms with E-state index in [-0.39, 0.29) is 23.6 Å². The fraction of sp³-hybridized carbons (Fsp3) is 0.742. The lowest BCUT2D eigenvalue weighted by atomic mass is 9.80. The number of ether oxygens (including phenoxy) is 2. The van der Waals surface area contributed by atoms with Gasteiger partial charge in [-0.25, -0.2) is 4.79 Å². The summed E-state index contributed by atoms with van der Waals surface area (Å²) in [6.07, 6.45) is 9.13. The first kappa shape index (κ1) is 27.4. The van der Waals surface area contributed by atoms with Gasteiger partial charge in [-0.15, -0.1) is 0 Å². The van der Waals surface area contributed by atoms with Crippen molar-refractivity contribution in [1.29, 1.82) is 0 Å². The average Bonchev–Trinajstić information content (AvgIpc) is 3.17. The Morgan fingerprint density at radius 1 is 1.00 bits per heavy atom. The van der Waals surface area contributed by atoms with Gasteiger partial charge in [-0.2, -0.15) is 0 Å². The summed E-state index contributed by atoms with van der Waals surface area (Å²) >= 11 is 0. The molecule has 1 atom stereocenters. The molecular formula is C31H47N3O4. The average molecular weight is 526 g/mol. The van der Waals surface area contributed by atoms with Gasteiger partial charge in [0.1, 0.15) is 5.60 Å². The molecule has 1 aromatic rings. The van der Waals surface area contributed by atoms with E-state index in [0.717, 1.165) is 120 Å². The maximum atomic E-state index is 13.3. The van der Waals surface area contributed by atoms with Crippen LogP contribution < -0.4 is 0 Å². The van der Waals surface area contributed by atoms with Crippen LogP contribution in [0.4, 0.5) is 4.79 Å². The van der Waals surface area contributed by atoms with Gasteiger partial charge in [0.2, 0.25) is 0 Å². The number of nitrogens with zero attached hydrogens (tertiary/aromatic N) is 3. The van der Waals surface area contributed by atoms with Crippen LogP contribution in [0.1, 0.15) is 86.2 Å². The Bertz CT molecular complexity index is 955. The molecule has 4 heterocycles. The Morgan fingerprint density at radius 3 is 2.29 bits per heavy atom. The van der Waals surface area contributed by atoms with Crippen LogP contribution in [0.15, 0.2) is 18.2 Å². The minimum atomic E-state index is -0.340. The first-order valence-electron chi connectivity index (χ1n) is 15.1. The van der Waals surface area contributed by atoms with Crippen LogP contribution in [-0.2, 0) is 9.47 Å². The van der Waals surface area contributed by atoms with E-state index < -0.39 is 0 Å². The normalized spacial score (nSPS) is 25.2. The quantitative estimate of drug-likeness (QED) is 0.491. The highest BCUT2D eigenvalue weighted by Crippen LogP contribution is 2.42. The number of benzene rings is 1. The van der Waals surface area contributed by atoms with Gasteiger partial charge in [-0.05, 0) is 63.0 Å². The minimum absolute atomic E-state index is 0.0932. The summed E-state index contributed by atoms with van der Waals surface area (Å²) in [5.74, 6) is 0.699. The van der Waals surface area contributed by atoms with Crippen molar-refractivity contribution < 1.29 is 19.1 Å². The van der Waals surface area contributed by atoms with E-state index in [1.54, 1.807) is 0 Å². The molecule has 4 saturated heterocycles. The smallest absolute Gasteiger partial charge is 0.410 e. The van der Waals surface area contributed by atoms with Crippen molar-refractivity contribution >= 4 is 12.0 Å². The zero-order chi connectivity index (χ0) is 26.7. The summed E-state index contributed by atoms with van der Waals surface area (Å²) in [7, 11) is 0. The monoisotopic (exact) mass is 525 g/mol. The second-order valence-electron chi connectivity index (χ2n) is 12.1. The molecule has 210 valence electrons. The molecule has 0 aromatic heterocycles. The van der Waals surface area contributed by atoms with Gasteiger partial charge in [0.25, 0.3) is 5.91 Å². The summed E-state index contributed by atoms with van der Waals surface area (Å²) in [4.78, 5) is 33.2. The van der Waals surface area contributed by atoms with Crippen molar-refractivity contribution in [1.82, 2.24) is 14.7 Å². The van der Waals surface area contributed by atoms with E-state index in [0.29, 0.717) is 12.0 Å². The van der Waals surface area contributed by atoms with Crippen molar-refractivity contribution in [3.63, 3.8) is 0 Å². The molecule has 4 fully saturated rings. The van der Waals surface area contributed by atoms with Gasteiger partial charge >= 0.3 is 6.09 Å². The van der Waals surface area contributed by atoms with Gasteiger partial charge in [0.05, 0.1) is 6.04 Å². The first-order valence-corrected chi connectivity index (χ1v) is 15.1. The van der Waals surface area contributed by atoms with E-state index >= 15 is 0 Å². The standard InChI is InChI=1S/C31H47N3O4/c1-4-5-9-27-31(38-30(36)34(27)22-25-12-20-37-21-13-25)14-18-32(19-15-31)26-10-16-33(17-11-26)29(35)28-23(2)7-6-8-24(28)3/h6-8,25-27H,4-5,9-22H2,1-3H3. The zero-order valence-electron chi connectivity index (χ0n) is 23.8. The topological polar surface area (TPSA) is 62.3 Å². The molecule has 0 radical (unpaired) electrons. The highest BCUT2D eigenvalue weighted by molar-refractivity contribution is 5.97. The number of unbranched alkanes of at least 4 members (excludes halogenated alkanes) is 1. The molecule has 7 nitrogen and oxygen atoms in total. The minimum Gasteiger partial charge on any atom is -0.440 e. The Morgan fingerprint density at radius 2 is 1.66 bits per heavy atom. The van der Waals surface area contributed by atoms with Crippen molar-refractivity contribution in [2.75, 3.05) is 45.9 Å². The van der Waals surface area contributed by atoms with Gasteiger partial charge in [-0.3, -0.25) is 9.69 Å². The third-order valence-electron chi connectivity index (χ3n) is 9.74. The molecule has 1 spiro atoms. The Balaban J connectivity index is 1.18. The van der Waals surface area contributed by atoms with E-state index in [9.17, 15) is 9.59 Å². The summed E-state index contributed by atoms with van der Waals surface area (Å²) < 4.78 is 11.8. The second kappa shape index (κ2) is 12.0. The van der Waals surface area contributed by atoms with Crippen LogP contribution in [0.25, 0.3) is 0 Å². The number of aryl methyl sites for hydroxylation is 2. The molecule has 4 aliphatic heterocycles. The Labute approximate surface area is 228 Å². The highest BCUT2D eigenvalue weighted by atomic mass is 16.6. The molecule has 0 N–H and O–H groups in total. The van der Waals surface area contributed by atoms with Crippen molar-refractivity contribution in [2.45, 2.75) is 96.2 Å². The molecule has 7 heteroatoms. The molecule has 0 aliphatic carbocycles. The Hall–Kier alpha value is -2.12. The fourth-order valence-corrected chi connectivity index (χ4v) is 7.38. The number of carbonyl (C=O) groups excluding carboxylic acids is 2. The zero-order valence-corrected chi connectivity index (χ0v) is 23.8. The molecule has 1 unspecified atom stereocenters. The van der Waals surface area contributed by atoms with E-state index in [2.05, 4.69) is 16.7 Å². The van der Waals surface area contributed by atoms with Crippen LogP contribution >= 0.6 is 0 Å². The molecule has 4 aliphatic rings. The number of carbonyl (C=O) groups is 2. The fourth-order valence-electron chi connectivity index (χ4n) is 7.38. The summed E-state index contributed by atoms with van der Waals surface area (Å²) in [6.45, 7) is 12.3. The van der Waals surface area contributed by atoms with E-state index in [1.807, 2.05) is 36.9 Å². The van der Waals surface area contributed by atoms with Gasteiger partial charge in [-0.1, -0.05) is 38.0 Å². The van der Waals surface area contributed by atoms with Gasteiger partial charge < -0.3 is 19.3 Å². The van der Waals surface area contributed by atoms with Crippen LogP contribution in [0.2, 0.25) is 0 Å². The van der Waals surface area contributed by atoms with Crippen LogP contribution in [-0.4, -0.2) is 90.3 Å². The maximum Gasteiger partial charge on any atom is 0.410 e. The molecule has 0 bridgehead atoms. The summed E-state index contributed by atoms with van der Waals surface area (Å²) in [6, 6.07) is 6.78. The summed E-state index contributed by atoms with van der Waals surface area (Å²) in [5, 5.41) is 0. The number of piperidine rings is 2. The van der Waals surface area contributed by atoms with Crippen molar-refractivity contribution in [3.8, 4) is 0 Å². The lowest BCUT2D eigenvalue weighted by Crippen LogP contribution is -2.56. The second-order valence-corrected chi connectivity index (χ2v) is 12.1. The van der Waals surface area contributed by atoms with Crippen LogP contribution in [0.3, 0.4) is 0 Å². The van der Waals surface area contributed by atoms with Crippen molar-refractivity contribution in [2.24, 2.45) is 5.92 Å². The number of likely N-dealkylation sites (tertiary alicyclic amines) is 2. The van der Waals surface area contributed by atoms with E-state index in [1.165, 1.54) is 0 Å². The number of hydrogen-bond donors (Lipinski definition) is 0. The number of hydrogen-bond acceptors (Lipinski definition) is 5. The van der Waals surface area contributed by atoms with Crippen LogP contribution in [0, 0.1) is 19.8 Å². The lowest BCUT2D eigenvalue weighted by Gasteiger charge is -2.46. The van der Waals surface area contributed by atoms with Gasteiger partial charge in [0.15, 0.2) is 0 Å². The molecule has 2 amide bonds. The predicted molar refractivity (Wildman–Crippen MR) is 148 cm³/mol. The maximum absolute atomic E-state index is 13.3. The van der Waals surface area contributed by atoms with Crippen LogP contribution in [0.5, 0.6) is 0 Å². The molecule has 38 heavy (non-hydrogen) atoms. The molecule has 0 saturated carbocycles. The number of amides is 2. The largest absolute Gasteiger partial charge is 0.440 e. The molecule has 1 aromatic carbocycles. The van der Waals surface area contributed by atoms with Gasteiger partial charge in [0, 0.05) is 70.4 Å². The molecular weight excluding hydrogens is 478 g/mol. The first-order chi connectivity index (χ1) is 18.4. The molecule has 5 rings (SSSR count). The highest BCUT2D eigenvalue weighted by Gasteiger charge is 2.55. The SMILES string of the molecule is CCCCC1N(CC2CCOCC2)C(=O)OC12CCN(C1CCN(C(=O)c3c(C)cccc3C)CC1)CC2. The third kappa shape index (κ3) is 5.60. The summed E-state index contributed by atoms with van der Waals surface area (Å²) in [5.41, 5.74) is 2.66. The number of rotatable bonds is 7. The van der Waals surface area contributed by atoms with Crippen molar-refractivity contribution in [3.05, 3.63) is 34.9 Å². The Kier molecular flexibility index (Phi) is 8.63.